The maximum atomic E-state index is 12.1. The van der Waals surface area contributed by atoms with Crippen molar-refractivity contribution in [3.63, 3.8) is 0 Å². The molecule has 1 heterocycles. The zero-order chi connectivity index (χ0) is 18.3. The summed E-state index contributed by atoms with van der Waals surface area (Å²) < 4.78 is 11.0. The lowest BCUT2D eigenvalue weighted by Crippen LogP contribution is -2.44. The first-order valence-electron chi connectivity index (χ1n) is 6.81. The van der Waals surface area contributed by atoms with Gasteiger partial charge < -0.3 is 20.4 Å². The number of hydrogen-bond donors (Lipinski definition) is 5. The molecule has 0 radical (unpaired) electrons. The average molecular weight is 417 g/mol. The van der Waals surface area contributed by atoms with Crippen LogP contribution in [0.25, 0.3) is 0 Å². The summed E-state index contributed by atoms with van der Waals surface area (Å²) in [5.41, 5.74) is 5.82. The van der Waals surface area contributed by atoms with Crippen LogP contribution >= 0.6 is 31.8 Å². The number of aromatic amines is 1. The molecule has 0 bridgehead atoms. The molecule has 0 aliphatic heterocycles. The van der Waals surface area contributed by atoms with Gasteiger partial charge in [-0.25, -0.2) is 0 Å². The molecule has 0 aliphatic rings. The van der Waals surface area contributed by atoms with E-state index in [1.54, 1.807) is 0 Å². The van der Waals surface area contributed by atoms with Crippen molar-refractivity contribution < 1.29 is 19.1 Å². The molecule has 0 unspecified atom stereocenters. The molecule has 0 fully saturated rings. The van der Waals surface area contributed by atoms with Crippen molar-refractivity contribution in [2.24, 2.45) is 5.73 Å². The fourth-order valence-corrected chi connectivity index (χ4v) is 3.38. The van der Waals surface area contributed by atoms with Crippen molar-refractivity contribution >= 4 is 49.5 Å². The normalized spacial score (nSPS) is 12.2. The maximum absolute atomic E-state index is 12.1. The standard InChI is InChI=1S/C10H21N8O4PS.ClH/c1-7(11)18(6-23(20,21)22)3-4-24-5-8(12)9(19)17(2)10-13-15-16-14-10;/h8,11H,3-6,12H2,1-2H3,(H2,20,21,22)(H,13,14,15,16);1H/t8-;/m0./s1. The number of thioether (sulfide) groups is 1. The van der Waals surface area contributed by atoms with Crippen LogP contribution < -0.4 is 10.6 Å². The van der Waals surface area contributed by atoms with E-state index in [-0.39, 0.29) is 36.6 Å². The molecule has 15 heteroatoms. The Hall–Kier alpha value is -1.24. The predicted molar refractivity (Wildman–Crippen MR) is 97.2 cm³/mol. The van der Waals surface area contributed by atoms with E-state index in [1.165, 1.54) is 35.5 Å². The third-order valence-electron chi connectivity index (χ3n) is 2.91. The molecular formula is C10H22ClN8O4PS. The molecular weight excluding hydrogens is 395 g/mol. The number of amides is 1. The van der Waals surface area contributed by atoms with Crippen LogP contribution in [0, 0.1) is 5.41 Å². The molecule has 1 aromatic rings. The van der Waals surface area contributed by atoms with E-state index in [4.69, 9.17) is 20.9 Å². The summed E-state index contributed by atoms with van der Waals surface area (Å²) in [6.45, 7) is 1.72. The van der Waals surface area contributed by atoms with Gasteiger partial charge in [-0.3, -0.25) is 19.7 Å². The van der Waals surface area contributed by atoms with Crippen molar-refractivity contribution in [2.75, 3.05) is 36.3 Å². The maximum Gasteiger partial charge on any atom is 0.344 e. The Morgan fingerprint density at radius 1 is 1.52 bits per heavy atom. The van der Waals surface area contributed by atoms with E-state index in [0.717, 1.165) is 0 Å². The summed E-state index contributed by atoms with van der Waals surface area (Å²) in [4.78, 5) is 32.5. The van der Waals surface area contributed by atoms with Gasteiger partial charge in [0.15, 0.2) is 0 Å². The zero-order valence-corrected chi connectivity index (χ0v) is 16.2. The molecule has 0 aliphatic carbocycles. The Morgan fingerprint density at radius 2 is 2.16 bits per heavy atom. The molecule has 1 amide bonds. The summed E-state index contributed by atoms with van der Waals surface area (Å²) in [5.74, 6) is 0.577. The first kappa shape index (κ1) is 23.8. The highest BCUT2D eigenvalue weighted by molar-refractivity contribution is 7.99. The van der Waals surface area contributed by atoms with Crippen LogP contribution in [0.2, 0.25) is 0 Å². The molecule has 25 heavy (non-hydrogen) atoms. The molecule has 6 N–H and O–H groups in total. The van der Waals surface area contributed by atoms with Gasteiger partial charge in [0.1, 0.15) is 6.29 Å². The lowest BCUT2D eigenvalue weighted by molar-refractivity contribution is -0.119. The zero-order valence-electron chi connectivity index (χ0n) is 13.7. The SMILES string of the molecule is CC(=N)N(CCSC[C@H](N)C(=O)N(C)c1nn[nH]n1)CP(=O)(O)O.Cl. The second kappa shape index (κ2) is 10.7. The predicted octanol–water partition coefficient (Wildman–Crippen LogP) is -0.921. The van der Waals surface area contributed by atoms with Crippen LogP contribution in [-0.4, -0.2) is 84.5 Å². The largest absolute Gasteiger partial charge is 0.348 e. The summed E-state index contributed by atoms with van der Waals surface area (Å²) in [5, 5.41) is 20.5. The van der Waals surface area contributed by atoms with E-state index in [0.29, 0.717) is 11.5 Å². The minimum Gasteiger partial charge on any atom is -0.348 e. The number of nitrogens with two attached hydrogens (primary N) is 1. The highest BCUT2D eigenvalue weighted by Gasteiger charge is 2.22. The first-order chi connectivity index (χ1) is 11.1. The van der Waals surface area contributed by atoms with Gasteiger partial charge >= 0.3 is 7.60 Å². The molecule has 0 saturated heterocycles. The fourth-order valence-electron chi connectivity index (χ4n) is 1.67. The van der Waals surface area contributed by atoms with E-state index in [1.807, 2.05) is 0 Å². The Morgan fingerprint density at radius 3 is 2.64 bits per heavy atom. The minimum atomic E-state index is -4.23. The van der Waals surface area contributed by atoms with Crippen molar-refractivity contribution in [1.29, 1.82) is 5.41 Å². The van der Waals surface area contributed by atoms with Crippen molar-refractivity contribution in [1.82, 2.24) is 25.5 Å². The average Bonchev–Trinajstić information content (AvgIpc) is 3.01. The third-order valence-corrected chi connectivity index (χ3v) is 4.69. The highest BCUT2D eigenvalue weighted by Crippen LogP contribution is 2.35. The van der Waals surface area contributed by atoms with Crippen LogP contribution in [-0.2, 0) is 9.36 Å². The van der Waals surface area contributed by atoms with E-state index >= 15 is 0 Å². The van der Waals surface area contributed by atoms with E-state index in [9.17, 15) is 9.36 Å². The number of rotatable bonds is 9. The van der Waals surface area contributed by atoms with E-state index < -0.39 is 19.9 Å². The van der Waals surface area contributed by atoms with E-state index in [2.05, 4.69) is 20.6 Å². The van der Waals surface area contributed by atoms with Gasteiger partial charge in [-0.15, -0.1) is 17.5 Å². The number of anilines is 1. The number of carbonyl (C=O) groups excluding carboxylic acids is 1. The molecule has 12 nitrogen and oxygen atoms in total. The Balaban J connectivity index is 0.00000576. The second-order valence-electron chi connectivity index (χ2n) is 4.95. The lowest BCUT2D eigenvalue weighted by Gasteiger charge is -2.23. The number of carbonyl (C=O) groups is 1. The topological polar surface area (TPSA) is 185 Å². The fraction of sp³-hybridized carbons (Fsp3) is 0.700. The van der Waals surface area contributed by atoms with Gasteiger partial charge in [0.25, 0.3) is 5.95 Å². The number of tetrazole rings is 1. The first-order valence-corrected chi connectivity index (χ1v) is 9.76. The van der Waals surface area contributed by atoms with Crippen LogP contribution in [0.3, 0.4) is 0 Å². The van der Waals surface area contributed by atoms with Gasteiger partial charge in [0.2, 0.25) is 5.91 Å². The number of aromatic nitrogens is 4. The van der Waals surface area contributed by atoms with Gasteiger partial charge in [-0.1, -0.05) is 5.10 Å². The Labute approximate surface area is 155 Å². The second-order valence-corrected chi connectivity index (χ2v) is 7.71. The van der Waals surface area contributed by atoms with Crippen LogP contribution in [0.15, 0.2) is 0 Å². The van der Waals surface area contributed by atoms with Gasteiger partial charge in [0, 0.05) is 25.1 Å². The number of hydrogen-bond acceptors (Lipinski definition) is 8. The number of likely N-dealkylation sites (N-methyl/N-ethyl adjacent to an activating group) is 1. The smallest absolute Gasteiger partial charge is 0.344 e. The lowest BCUT2D eigenvalue weighted by atomic mass is 10.3. The number of amidine groups is 1. The van der Waals surface area contributed by atoms with Crippen molar-refractivity contribution in [3.05, 3.63) is 0 Å². The molecule has 0 saturated carbocycles. The summed E-state index contributed by atoms with van der Waals surface area (Å²) in [6, 6.07) is -0.783. The number of nitrogens with zero attached hydrogens (tertiary/aromatic N) is 5. The molecule has 0 aromatic carbocycles. The summed E-state index contributed by atoms with van der Waals surface area (Å²) >= 11 is 1.35. The number of nitrogens with one attached hydrogen (secondary N) is 2. The molecule has 0 spiro atoms. The quantitative estimate of drug-likeness (QED) is 0.146. The van der Waals surface area contributed by atoms with Gasteiger partial charge in [-0.2, -0.15) is 17.0 Å². The van der Waals surface area contributed by atoms with Crippen LogP contribution in [0.5, 0.6) is 0 Å². The number of halogens is 1. The molecule has 1 aromatic heterocycles. The van der Waals surface area contributed by atoms with Crippen LogP contribution in [0.4, 0.5) is 5.95 Å². The summed E-state index contributed by atoms with van der Waals surface area (Å²) in [6.07, 6.45) is -0.506. The van der Waals surface area contributed by atoms with Crippen LogP contribution in [0.1, 0.15) is 6.92 Å². The highest BCUT2D eigenvalue weighted by atomic mass is 35.5. The monoisotopic (exact) mass is 416 g/mol. The molecule has 144 valence electrons. The van der Waals surface area contributed by atoms with Crippen molar-refractivity contribution in [2.45, 2.75) is 13.0 Å². The molecule has 1 rings (SSSR count). The number of H-pyrrole nitrogens is 1. The summed E-state index contributed by atoms with van der Waals surface area (Å²) in [7, 11) is -2.75. The molecule has 1 atom stereocenters. The van der Waals surface area contributed by atoms with Crippen molar-refractivity contribution in [3.8, 4) is 0 Å². The Bertz CT molecular complexity index is 600. The van der Waals surface area contributed by atoms with Gasteiger partial charge in [0.05, 0.1) is 11.9 Å². The van der Waals surface area contributed by atoms with Gasteiger partial charge in [-0.05, 0) is 12.1 Å². The Kier molecular flexibility index (Phi) is 10.2. The minimum absolute atomic E-state index is 0. The third kappa shape index (κ3) is 8.61.